The van der Waals surface area contributed by atoms with Gasteiger partial charge < -0.3 is 11.1 Å². The first-order chi connectivity index (χ1) is 9.86. The Labute approximate surface area is 120 Å². The number of rotatable bonds is 5. The van der Waals surface area contributed by atoms with Gasteiger partial charge >= 0.3 is 0 Å². The van der Waals surface area contributed by atoms with Crippen molar-refractivity contribution in [2.45, 2.75) is 11.3 Å². The summed E-state index contributed by atoms with van der Waals surface area (Å²) in [4.78, 5) is 15.4. The van der Waals surface area contributed by atoms with Gasteiger partial charge in [-0.2, -0.15) is 4.98 Å². The van der Waals surface area contributed by atoms with E-state index in [-0.39, 0.29) is 16.7 Å². The highest BCUT2D eigenvalue weighted by molar-refractivity contribution is 7.89. The molecule has 0 aliphatic rings. The molecule has 0 unspecified atom stereocenters. The summed E-state index contributed by atoms with van der Waals surface area (Å²) in [6.45, 7) is 0.355. The van der Waals surface area contributed by atoms with Crippen LogP contribution in [0.5, 0.6) is 0 Å². The fourth-order valence-corrected chi connectivity index (χ4v) is 2.14. The van der Waals surface area contributed by atoms with Gasteiger partial charge in [0.15, 0.2) is 0 Å². The first-order valence-corrected chi connectivity index (χ1v) is 7.49. The number of amides is 1. The molecule has 2 aromatic rings. The third-order valence-electron chi connectivity index (χ3n) is 2.67. The molecule has 0 radical (unpaired) electrons. The highest BCUT2D eigenvalue weighted by Crippen LogP contribution is 2.08. The number of carbonyl (C=O) groups excluding carboxylic acids is 1. The second-order valence-corrected chi connectivity index (χ2v) is 5.80. The SMILES string of the molecule is Nc1n[nH]c(C(=O)NCCc2ccc(S(N)(=O)=O)cc2)n1. The number of nitrogens with two attached hydrogens (primary N) is 2. The summed E-state index contributed by atoms with van der Waals surface area (Å²) < 4.78 is 22.2. The molecule has 0 spiro atoms. The smallest absolute Gasteiger partial charge is 0.288 e. The topological polar surface area (TPSA) is 157 Å². The molecule has 1 heterocycles. The van der Waals surface area contributed by atoms with Crippen molar-refractivity contribution < 1.29 is 13.2 Å². The number of benzene rings is 1. The van der Waals surface area contributed by atoms with E-state index in [0.29, 0.717) is 13.0 Å². The van der Waals surface area contributed by atoms with Gasteiger partial charge in [-0.05, 0) is 24.1 Å². The van der Waals surface area contributed by atoms with Gasteiger partial charge in [0, 0.05) is 6.54 Å². The number of aromatic nitrogens is 3. The van der Waals surface area contributed by atoms with E-state index in [4.69, 9.17) is 10.9 Å². The Morgan fingerprint density at radius 1 is 1.29 bits per heavy atom. The zero-order valence-electron chi connectivity index (χ0n) is 10.9. The predicted octanol–water partition coefficient (Wildman–Crippen LogP) is -0.993. The van der Waals surface area contributed by atoms with Crippen LogP contribution in [0.1, 0.15) is 16.2 Å². The molecule has 1 aromatic carbocycles. The largest absolute Gasteiger partial charge is 0.366 e. The number of hydrogen-bond donors (Lipinski definition) is 4. The Balaban J connectivity index is 1.88. The first kappa shape index (κ1) is 14.9. The van der Waals surface area contributed by atoms with Crippen LogP contribution < -0.4 is 16.2 Å². The van der Waals surface area contributed by atoms with Crippen molar-refractivity contribution in [2.24, 2.45) is 5.14 Å². The van der Waals surface area contributed by atoms with Gasteiger partial charge in [-0.1, -0.05) is 12.1 Å². The number of aromatic amines is 1. The number of nitrogens with one attached hydrogen (secondary N) is 2. The summed E-state index contributed by atoms with van der Waals surface area (Å²) in [5.41, 5.74) is 6.15. The first-order valence-electron chi connectivity index (χ1n) is 5.94. The van der Waals surface area contributed by atoms with Crippen molar-refractivity contribution in [1.82, 2.24) is 20.5 Å². The number of sulfonamides is 1. The number of H-pyrrole nitrogens is 1. The van der Waals surface area contributed by atoms with Crippen LogP contribution >= 0.6 is 0 Å². The van der Waals surface area contributed by atoms with E-state index in [9.17, 15) is 13.2 Å². The molecule has 9 nitrogen and oxygen atoms in total. The zero-order chi connectivity index (χ0) is 15.5. The molecular weight excluding hydrogens is 296 g/mol. The fraction of sp³-hybridized carbons (Fsp3) is 0.182. The summed E-state index contributed by atoms with van der Waals surface area (Å²) in [5.74, 6) is -0.379. The molecule has 0 saturated heterocycles. The lowest BCUT2D eigenvalue weighted by Gasteiger charge is -2.04. The summed E-state index contributed by atoms with van der Waals surface area (Å²) >= 11 is 0. The summed E-state index contributed by atoms with van der Waals surface area (Å²) in [6.07, 6.45) is 0.528. The highest BCUT2D eigenvalue weighted by Gasteiger charge is 2.10. The van der Waals surface area contributed by atoms with Crippen LogP contribution in [0.3, 0.4) is 0 Å². The van der Waals surface area contributed by atoms with Crippen molar-refractivity contribution in [1.29, 1.82) is 0 Å². The average molecular weight is 310 g/mol. The van der Waals surface area contributed by atoms with Gasteiger partial charge in [-0.25, -0.2) is 13.6 Å². The molecule has 21 heavy (non-hydrogen) atoms. The molecule has 0 aliphatic carbocycles. The van der Waals surface area contributed by atoms with Gasteiger partial charge in [-0.3, -0.25) is 9.89 Å². The van der Waals surface area contributed by atoms with Gasteiger partial charge in [-0.15, -0.1) is 5.10 Å². The summed E-state index contributed by atoms with van der Waals surface area (Å²) in [6, 6.07) is 6.12. The van der Waals surface area contributed by atoms with Crippen molar-refractivity contribution in [3.8, 4) is 0 Å². The van der Waals surface area contributed by atoms with E-state index < -0.39 is 15.9 Å². The van der Waals surface area contributed by atoms with E-state index in [1.807, 2.05) is 0 Å². The Kier molecular flexibility index (Phi) is 4.19. The molecule has 1 aromatic heterocycles. The lowest BCUT2D eigenvalue weighted by molar-refractivity contribution is 0.0944. The minimum Gasteiger partial charge on any atom is -0.366 e. The number of carbonyl (C=O) groups is 1. The maximum Gasteiger partial charge on any atom is 0.288 e. The van der Waals surface area contributed by atoms with Crippen molar-refractivity contribution in [2.75, 3.05) is 12.3 Å². The van der Waals surface area contributed by atoms with Gasteiger partial charge in [0.25, 0.3) is 5.91 Å². The van der Waals surface area contributed by atoms with Crippen LogP contribution in [-0.4, -0.2) is 36.1 Å². The van der Waals surface area contributed by atoms with Crippen LogP contribution in [-0.2, 0) is 16.4 Å². The van der Waals surface area contributed by atoms with Crippen LogP contribution in [0.15, 0.2) is 29.2 Å². The quantitative estimate of drug-likeness (QED) is 0.555. The predicted molar refractivity (Wildman–Crippen MR) is 74.6 cm³/mol. The molecule has 0 bridgehead atoms. The van der Waals surface area contributed by atoms with E-state index in [2.05, 4.69) is 20.5 Å². The van der Waals surface area contributed by atoms with Crippen LogP contribution in [0.25, 0.3) is 0 Å². The van der Waals surface area contributed by atoms with E-state index in [0.717, 1.165) is 5.56 Å². The standard InChI is InChI=1S/C11H14N6O3S/c12-11-15-9(16-17-11)10(18)14-6-5-7-1-3-8(4-2-7)21(13,19)20/h1-4H,5-6H2,(H,14,18)(H2,13,19,20)(H3,12,15,16,17). The van der Waals surface area contributed by atoms with Crippen LogP contribution in [0, 0.1) is 0 Å². The van der Waals surface area contributed by atoms with E-state index in [1.165, 1.54) is 12.1 Å². The number of primary sulfonamides is 1. The Morgan fingerprint density at radius 2 is 1.95 bits per heavy atom. The third kappa shape index (κ3) is 4.00. The molecule has 2 rings (SSSR count). The molecule has 112 valence electrons. The van der Waals surface area contributed by atoms with E-state index in [1.54, 1.807) is 12.1 Å². The van der Waals surface area contributed by atoms with Gasteiger partial charge in [0.2, 0.25) is 21.8 Å². The minimum absolute atomic E-state index is 0.00117. The lowest BCUT2D eigenvalue weighted by Crippen LogP contribution is -2.26. The van der Waals surface area contributed by atoms with Gasteiger partial charge in [0.05, 0.1) is 4.90 Å². The monoisotopic (exact) mass is 310 g/mol. The Morgan fingerprint density at radius 3 is 2.48 bits per heavy atom. The molecule has 6 N–H and O–H groups in total. The molecule has 0 saturated carbocycles. The molecule has 0 aliphatic heterocycles. The van der Waals surface area contributed by atoms with Crippen LogP contribution in [0.4, 0.5) is 5.95 Å². The Bertz CT molecular complexity index is 738. The fourth-order valence-electron chi connectivity index (χ4n) is 1.63. The average Bonchev–Trinajstić information content (AvgIpc) is 2.85. The second-order valence-electron chi connectivity index (χ2n) is 4.24. The molecule has 1 amide bonds. The second kappa shape index (κ2) is 5.89. The number of nitrogen functional groups attached to an aromatic ring is 1. The van der Waals surface area contributed by atoms with Crippen molar-refractivity contribution in [3.63, 3.8) is 0 Å². The van der Waals surface area contributed by atoms with Gasteiger partial charge in [0.1, 0.15) is 0 Å². The number of nitrogens with zero attached hydrogens (tertiary/aromatic N) is 2. The normalized spacial score (nSPS) is 11.3. The maximum atomic E-state index is 11.6. The Hall–Kier alpha value is -2.46. The number of hydrogen-bond acceptors (Lipinski definition) is 6. The summed E-state index contributed by atoms with van der Waals surface area (Å²) in [7, 11) is -3.69. The molecular formula is C11H14N6O3S. The zero-order valence-corrected chi connectivity index (χ0v) is 11.7. The molecule has 0 atom stereocenters. The van der Waals surface area contributed by atoms with Crippen molar-refractivity contribution >= 4 is 21.9 Å². The minimum atomic E-state index is -3.69. The van der Waals surface area contributed by atoms with Crippen molar-refractivity contribution in [3.05, 3.63) is 35.7 Å². The lowest BCUT2D eigenvalue weighted by atomic mass is 10.1. The number of anilines is 1. The maximum absolute atomic E-state index is 11.6. The van der Waals surface area contributed by atoms with Crippen LogP contribution in [0.2, 0.25) is 0 Å². The molecule has 10 heteroatoms. The summed E-state index contributed by atoms with van der Waals surface area (Å²) in [5, 5.41) is 13.6. The van der Waals surface area contributed by atoms with E-state index >= 15 is 0 Å². The molecule has 0 fully saturated rings. The third-order valence-corrected chi connectivity index (χ3v) is 3.60. The highest BCUT2D eigenvalue weighted by atomic mass is 32.2.